The van der Waals surface area contributed by atoms with Gasteiger partial charge in [-0.2, -0.15) is 0 Å². The van der Waals surface area contributed by atoms with Crippen molar-refractivity contribution in [3.63, 3.8) is 0 Å². The minimum absolute atomic E-state index is 0.0521. The van der Waals surface area contributed by atoms with E-state index in [4.69, 9.17) is 16.8 Å². The molecule has 1 heterocycles. The van der Waals surface area contributed by atoms with Gasteiger partial charge in [0.2, 0.25) is 0 Å². The van der Waals surface area contributed by atoms with Crippen LogP contribution in [-0.4, -0.2) is 27.3 Å². The third-order valence-corrected chi connectivity index (χ3v) is 3.65. The highest BCUT2D eigenvalue weighted by Gasteiger charge is 2.16. The minimum atomic E-state index is -1.31. The molecule has 0 bridgehead atoms. The molecule has 1 atom stereocenters. The number of hydrogen-bond acceptors (Lipinski definition) is 5. The Morgan fingerprint density at radius 2 is 2.11 bits per heavy atom. The van der Waals surface area contributed by atoms with E-state index in [0.29, 0.717) is 10.7 Å². The zero-order valence-corrected chi connectivity index (χ0v) is 11.3. The Morgan fingerprint density at radius 3 is 2.74 bits per heavy atom. The maximum absolute atomic E-state index is 11.0. The molecule has 1 amide bonds. The number of carbonyl (C=O) groups is 1. The number of nitrogens with zero attached hydrogens (tertiary/aromatic N) is 1. The Bertz CT molecular complexity index is 571. The lowest BCUT2D eigenvalue weighted by atomic mass is 10.2. The highest BCUT2D eigenvalue weighted by atomic mass is 35.5. The molecule has 100 valence electrons. The molecule has 19 heavy (non-hydrogen) atoms. The Kier molecular flexibility index (Phi) is 4.49. The van der Waals surface area contributed by atoms with Crippen molar-refractivity contribution in [1.82, 2.24) is 10.5 Å². The highest BCUT2D eigenvalue weighted by Crippen LogP contribution is 2.25. The summed E-state index contributed by atoms with van der Waals surface area (Å²) in [5.74, 6) is -0.846. The van der Waals surface area contributed by atoms with Crippen molar-refractivity contribution in [2.45, 2.75) is 12.5 Å². The van der Waals surface area contributed by atoms with Crippen LogP contribution in [0.25, 0.3) is 10.6 Å². The third kappa shape index (κ3) is 3.51. The molecular weight excluding hydrogens is 288 g/mol. The van der Waals surface area contributed by atoms with Gasteiger partial charge >= 0.3 is 0 Å². The van der Waals surface area contributed by atoms with Gasteiger partial charge < -0.3 is 5.11 Å². The van der Waals surface area contributed by atoms with Crippen LogP contribution >= 0.6 is 22.9 Å². The summed E-state index contributed by atoms with van der Waals surface area (Å²) in [6.45, 7) is 0. The first-order chi connectivity index (χ1) is 9.10. The van der Waals surface area contributed by atoms with Gasteiger partial charge in [0.25, 0.3) is 5.91 Å². The van der Waals surface area contributed by atoms with Gasteiger partial charge in [-0.05, 0) is 12.1 Å². The second-order valence-corrected chi connectivity index (χ2v) is 5.14. The number of nitrogens with one attached hydrogen (secondary N) is 1. The van der Waals surface area contributed by atoms with E-state index in [2.05, 4.69) is 4.98 Å². The van der Waals surface area contributed by atoms with E-state index in [-0.39, 0.29) is 6.42 Å². The summed E-state index contributed by atoms with van der Waals surface area (Å²) in [4.78, 5) is 15.3. The first-order valence-electron chi connectivity index (χ1n) is 5.42. The predicted octanol–water partition coefficient (Wildman–Crippen LogP) is 1.87. The molecule has 0 saturated heterocycles. The van der Waals surface area contributed by atoms with Crippen molar-refractivity contribution < 1.29 is 15.1 Å². The highest BCUT2D eigenvalue weighted by molar-refractivity contribution is 7.13. The van der Waals surface area contributed by atoms with Gasteiger partial charge in [-0.25, -0.2) is 10.5 Å². The Morgan fingerprint density at radius 1 is 1.42 bits per heavy atom. The molecule has 1 aromatic heterocycles. The molecule has 7 heteroatoms. The molecule has 0 saturated carbocycles. The molecular formula is C12H11ClN2O3S. The molecule has 0 aliphatic heterocycles. The second kappa shape index (κ2) is 6.12. The third-order valence-electron chi connectivity index (χ3n) is 2.46. The van der Waals surface area contributed by atoms with Crippen molar-refractivity contribution in [3.05, 3.63) is 40.4 Å². The summed E-state index contributed by atoms with van der Waals surface area (Å²) >= 11 is 7.22. The molecule has 5 nitrogen and oxygen atoms in total. The molecule has 1 aromatic carbocycles. The number of hydrogen-bond donors (Lipinski definition) is 3. The first kappa shape index (κ1) is 14.0. The fourth-order valence-corrected chi connectivity index (χ4v) is 2.46. The molecule has 2 rings (SSSR count). The number of aliphatic hydroxyl groups excluding tert-OH is 1. The van der Waals surface area contributed by atoms with Crippen LogP contribution < -0.4 is 5.48 Å². The van der Waals surface area contributed by atoms with Gasteiger partial charge in [-0.15, -0.1) is 11.3 Å². The van der Waals surface area contributed by atoms with Gasteiger partial charge in [0.1, 0.15) is 11.1 Å². The fourth-order valence-electron chi connectivity index (χ4n) is 1.49. The van der Waals surface area contributed by atoms with Crippen molar-refractivity contribution in [1.29, 1.82) is 0 Å². The van der Waals surface area contributed by atoms with Crippen molar-refractivity contribution in [2.75, 3.05) is 0 Å². The van der Waals surface area contributed by atoms with Crippen LogP contribution in [-0.2, 0) is 11.2 Å². The summed E-state index contributed by atoms with van der Waals surface area (Å²) in [6, 6.07) is 7.24. The van der Waals surface area contributed by atoms with E-state index in [9.17, 15) is 9.90 Å². The van der Waals surface area contributed by atoms with Crippen LogP contribution in [0.1, 0.15) is 5.69 Å². The van der Waals surface area contributed by atoms with Crippen molar-refractivity contribution in [2.24, 2.45) is 0 Å². The minimum Gasteiger partial charge on any atom is -0.383 e. The molecule has 0 unspecified atom stereocenters. The Hall–Kier alpha value is -1.47. The molecule has 0 radical (unpaired) electrons. The van der Waals surface area contributed by atoms with Crippen LogP contribution in [0, 0.1) is 0 Å². The van der Waals surface area contributed by atoms with Crippen LogP contribution in [0.3, 0.4) is 0 Å². The fraction of sp³-hybridized carbons (Fsp3) is 0.167. The average Bonchev–Trinajstić information content (AvgIpc) is 2.87. The summed E-state index contributed by atoms with van der Waals surface area (Å²) in [5, 5.41) is 21.1. The number of rotatable bonds is 4. The lowest BCUT2D eigenvalue weighted by Crippen LogP contribution is -2.33. The van der Waals surface area contributed by atoms with Gasteiger partial charge in [-0.1, -0.05) is 23.7 Å². The second-order valence-electron chi connectivity index (χ2n) is 3.85. The normalized spacial score (nSPS) is 12.2. The predicted molar refractivity (Wildman–Crippen MR) is 72.2 cm³/mol. The van der Waals surface area contributed by atoms with E-state index in [0.717, 1.165) is 10.6 Å². The topological polar surface area (TPSA) is 82.5 Å². The number of hydroxylamine groups is 1. The van der Waals surface area contributed by atoms with Crippen LogP contribution in [0.5, 0.6) is 0 Å². The van der Waals surface area contributed by atoms with E-state index in [1.54, 1.807) is 17.5 Å². The monoisotopic (exact) mass is 298 g/mol. The van der Waals surface area contributed by atoms with Gasteiger partial charge in [0.05, 0.1) is 5.69 Å². The number of aliphatic hydroxyl groups is 1. The zero-order valence-electron chi connectivity index (χ0n) is 9.71. The number of carbonyl (C=O) groups excluding carboxylic acids is 1. The molecule has 3 N–H and O–H groups in total. The summed E-state index contributed by atoms with van der Waals surface area (Å²) in [7, 11) is 0. The lowest BCUT2D eigenvalue weighted by Gasteiger charge is -2.05. The summed E-state index contributed by atoms with van der Waals surface area (Å²) in [5.41, 5.74) is 2.91. The Labute approximate surface area is 118 Å². The van der Waals surface area contributed by atoms with Crippen LogP contribution in [0.4, 0.5) is 0 Å². The number of thiazole rings is 1. The standard InChI is InChI=1S/C12H11ClN2O3S/c13-8-3-1-7(2-4-8)12-14-9(6-19-12)5-10(16)11(17)15-18/h1-4,6,10,16,18H,5H2,(H,15,17)/t10-/m0/s1. The van der Waals surface area contributed by atoms with E-state index in [1.807, 2.05) is 12.1 Å². The van der Waals surface area contributed by atoms with Crippen LogP contribution in [0.2, 0.25) is 5.02 Å². The molecule has 0 spiro atoms. The molecule has 0 aliphatic carbocycles. The van der Waals surface area contributed by atoms with Crippen molar-refractivity contribution >= 4 is 28.8 Å². The maximum Gasteiger partial charge on any atom is 0.272 e. The van der Waals surface area contributed by atoms with Crippen molar-refractivity contribution in [3.8, 4) is 10.6 Å². The summed E-state index contributed by atoms with van der Waals surface area (Å²) in [6.07, 6.45) is -1.26. The van der Waals surface area contributed by atoms with Gasteiger partial charge in [0, 0.05) is 22.4 Å². The molecule has 2 aromatic rings. The quantitative estimate of drug-likeness (QED) is 0.594. The Balaban J connectivity index is 2.11. The van der Waals surface area contributed by atoms with E-state index >= 15 is 0 Å². The lowest BCUT2D eigenvalue weighted by molar-refractivity contribution is -0.137. The zero-order chi connectivity index (χ0) is 13.8. The van der Waals surface area contributed by atoms with E-state index in [1.165, 1.54) is 16.8 Å². The number of benzene rings is 1. The largest absolute Gasteiger partial charge is 0.383 e. The average molecular weight is 299 g/mol. The number of amides is 1. The van der Waals surface area contributed by atoms with Gasteiger partial charge in [-0.3, -0.25) is 10.0 Å². The SMILES string of the molecule is O=C(NO)[C@@H](O)Cc1csc(-c2ccc(Cl)cc2)n1. The first-order valence-corrected chi connectivity index (χ1v) is 6.68. The maximum atomic E-state index is 11.0. The summed E-state index contributed by atoms with van der Waals surface area (Å²) < 4.78 is 0. The van der Waals surface area contributed by atoms with Crippen LogP contribution in [0.15, 0.2) is 29.6 Å². The smallest absolute Gasteiger partial charge is 0.272 e. The van der Waals surface area contributed by atoms with Gasteiger partial charge in [0.15, 0.2) is 0 Å². The number of halogens is 1. The number of aromatic nitrogens is 1. The molecule has 0 aliphatic rings. The molecule has 0 fully saturated rings. The van der Waals surface area contributed by atoms with E-state index < -0.39 is 12.0 Å².